The number of anilines is 1. The van der Waals surface area contributed by atoms with Gasteiger partial charge in [-0.25, -0.2) is 8.42 Å². The maximum atomic E-state index is 13.2. The van der Waals surface area contributed by atoms with E-state index in [9.17, 15) is 13.2 Å². The van der Waals surface area contributed by atoms with Gasteiger partial charge in [-0.05, 0) is 55.0 Å². The van der Waals surface area contributed by atoms with Crippen LogP contribution >= 0.6 is 0 Å². The topological polar surface area (TPSA) is 66.5 Å². The molecule has 2 heterocycles. The summed E-state index contributed by atoms with van der Waals surface area (Å²) in [5.74, 6) is -0.0180. The number of aryl methyl sites for hydroxylation is 1. The van der Waals surface area contributed by atoms with Crippen LogP contribution < -0.4 is 5.32 Å². The molecule has 0 aromatic heterocycles. The van der Waals surface area contributed by atoms with Crippen molar-refractivity contribution in [1.29, 1.82) is 0 Å². The fraction of sp³-hybridized carbons (Fsp3) is 0.350. The number of amides is 1. The number of carbonyl (C=O) groups excluding carboxylic acids is 1. The molecule has 4 rings (SSSR count). The van der Waals surface area contributed by atoms with Gasteiger partial charge in [-0.3, -0.25) is 4.79 Å². The first-order valence-corrected chi connectivity index (χ1v) is 10.5. The zero-order chi connectivity index (χ0) is 18.1. The minimum atomic E-state index is -3.53. The van der Waals surface area contributed by atoms with E-state index < -0.39 is 10.0 Å². The standard InChI is InChI=1S/C20H22N2O3S/c23-20-11-8-16-14-18(9-10-19(16)21-20)26(24,25)22-12-4-7-17(22)13-15-5-2-1-3-6-15/h1-3,5-6,9-10,14,17H,4,7-8,11-13H2,(H,21,23)/t17-/m0/s1. The Morgan fingerprint density at radius 2 is 1.88 bits per heavy atom. The predicted molar refractivity (Wildman–Crippen MR) is 100 cm³/mol. The van der Waals surface area contributed by atoms with Gasteiger partial charge in [0.25, 0.3) is 0 Å². The van der Waals surface area contributed by atoms with Gasteiger partial charge < -0.3 is 5.32 Å². The van der Waals surface area contributed by atoms with Crippen molar-refractivity contribution in [3.63, 3.8) is 0 Å². The molecule has 1 saturated heterocycles. The Kier molecular flexibility index (Phi) is 4.54. The summed E-state index contributed by atoms with van der Waals surface area (Å²) in [5.41, 5.74) is 2.78. The van der Waals surface area contributed by atoms with Crippen molar-refractivity contribution in [1.82, 2.24) is 4.31 Å². The molecule has 0 aliphatic carbocycles. The van der Waals surface area contributed by atoms with Gasteiger partial charge in [0.2, 0.25) is 15.9 Å². The van der Waals surface area contributed by atoms with Gasteiger partial charge in [0.1, 0.15) is 0 Å². The van der Waals surface area contributed by atoms with Crippen molar-refractivity contribution in [3.8, 4) is 0 Å². The van der Waals surface area contributed by atoms with E-state index in [1.807, 2.05) is 30.3 Å². The van der Waals surface area contributed by atoms with Crippen molar-refractivity contribution in [2.24, 2.45) is 0 Å². The van der Waals surface area contributed by atoms with Crippen LogP contribution in [0.25, 0.3) is 0 Å². The molecule has 1 amide bonds. The van der Waals surface area contributed by atoms with Crippen LogP contribution in [0, 0.1) is 0 Å². The van der Waals surface area contributed by atoms with Crippen LogP contribution in [0.3, 0.4) is 0 Å². The first-order chi connectivity index (χ1) is 12.5. The SMILES string of the molecule is O=C1CCc2cc(S(=O)(=O)N3CCC[C@H]3Cc3ccccc3)ccc2N1. The van der Waals surface area contributed by atoms with E-state index in [4.69, 9.17) is 0 Å². The third-order valence-electron chi connectivity index (χ3n) is 5.22. The molecule has 0 radical (unpaired) electrons. The lowest BCUT2D eigenvalue weighted by Gasteiger charge is -2.25. The first-order valence-electron chi connectivity index (χ1n) is 9.02. The molecule has 0 spiro atoms. The average molecular weight is 370 g/mol. The Labute approximate surface area is 154 Å². The van der Waals surface area contributed by atoms with Gasteiger partial charge >= 0.3 is 0 Å². The van der Waals surface area contributed by atoms with Crippen LogP contribution in [0.2, 0.25) is 0 Å². The summed E-state index contributed by atoms with van der Waals surface area (Å²) in [5, 5.41) is 2.80. The Hall–Kier alpha value is -2.18. The maximum Gasteiger partial charge on any atom is 0.243 e. The number of benzene rings is 2. The lowest BCUT2D eigenvalue weighted by molar-refractivity contribution is -0.116. The molecule has 5 nitrogen and oxygen atoms in total. The first kappa shape index (κ1) is 17.2. The molecule has 1 atom stereocenters. The molecule has 0 bridgehead atoms. The van der Waals surface area contributed by atoms with Crippen LogP contribution in [-0.2, 0) is 27.7 Å². The number of rotatable bonds is 4. The quantitative estimate of drug-likeness (QED) is 0.900. The van der Waals surface area contributed by atoms with Crippen LogP contribution in [-0.4, -0.2) is 31.2 Å². The Bertz CT molecular complexity index is 925. The maximum absolute atomic E-state index is 13.2. The van der Waals surface area contributed by atoms with Gasteiger partial charge in [0, 0.05) is 24.7 Å². The van der Waals surface area contributed by atoms with E-state index in [1.54, 1.807) is 22.5 Å². The molecule has 26 heavy (non-hydrogen) atoms. The second kappa shape index (κ2) is 6.85. The minimum absolute atomic E-state index is 0.00173. The molecule has 1 N–H and O–H groups in total. The molecular formula is C20H22N2O3S. The second-order valence-corrected chi connectivity index (χ2v) is 8.86. The third-order valence-corrected chi connectivity index (χ3v) is 7.16. The lowest BCUT2D eigenvalue weighted by atomic mass is 10.0. The molecule has 2 aliphatic heterocycles. The van der Waals surface area contributed by atoms with Crippen molar-refractivity contribution < 1.29 is 13.2 Å². The Morgan fingerprint density at radius 1 is 1.08 bits per heavy atom. The molecule has 136 valence electrons. The van der Waals surface area contributed by atoms with Crippen molar-refractivity contribution in [2.45, 2.75) is 43.0 Å². The van der Waals surface area contributed by atoms with Gasteiger partial charge in [0.05, 0.1) is 4.90 Å². The van der Waals surface area contributed by atoms with Gasteiger partial charge in [-0.2, -0.15) is 4.31 Å². The third kappa shape index (κ3) is 3.27. The van der Waals surface area contributed by atoms with Crippen LogP contribution in [0.1, 0.15) is 30.4 Å². The molecule has 2 aliphatic rings. The van der Waals surface area contributed by atoms with E-state index in [0.29, 0.717) is 24.3 Å². The Balaban J connectivity index is 1.60. The van der Waals surface area contributed by atoms with E-state index in [1.165, 1.54) is 0 Å². The van der Waals surface area contributed by atoms with Crippen molar-refractivity contribution >= 4 is 21.6 Å². The highest BCUT2D eigenvalue weighted by molar-refractivity contribution is 7.89. The lowest BCUT2D eigenvalue weighted by Crippen LogP contribution is -2.37. The summed E-state index contributed by atoms with van der Waals surface area (Å²) in [6.07, 6.45) is 3.49. The summed E-state index contributed by atoms with van der Waals surface area (Å²) in [7, 11) is -3.53. The van der Waals surface area contributed by atoms with Gasteiger partial charge in [-0.15, -0.1) is 0 Å². The number of nitrogens with zero attached hydrogens (tertiary/aromatic N) is 1. The number of fused-ring (bicyclic) bond motifs is 1. The number of carbonyl (C=O) groups is 1. The zero-order valence-corrected chi connectivity index (χ0v) is 15.3. The highest BCUT2D eigenvalue weighted by atomic mass is 32.2. The monoisotopic (exact) mass is 370 g/mol. The van der Waals surface area contributed by atoms with Gasteiger partial charge in [0.15, 0.2) is 0 Å². The summed E-state index contributed by atoms with van der Waals surface area (Å²) in [4.78, 5) is 11.8. The van der Waals surface area contributed by atoms with E-state index in [2.05, 4.69) is 5.32 Å². The summed E-state index contributed by atoms with van der Waals surface area (Å²) in [6.45, 7) is 0.563. The Morgan fingerprint density at radius 3 is 2.69 bits per heavy atom. The minimum Gasteiger partial charge on any atom is -0.326 e. The number of sulfonamides is 1. The van der Waals surface area contributed by atoms with Crippen LogP contribution in [0.4, 0.5) is 5.69 Å². The molecular weight excluding hydrogens is 348 g/mol. The summed E-state index contributed by atoms with van der Waals surface area (Å²) < 4.78 is 28.1. The van der Waals surface area contributed by atoms with E-state index in [0.717, 1.165) is 36.1 Å². The highest BCUT2D eigenvalue weighted by Crippen LogP contribution is 2.31. The molecule has 2 aromatic rings. The molecule has 0 unspecified atom stereocenters. The predicted octanol–water partition coefficient (Wildman–Crippen LogP) is 2.97. The summed E-state index contributed by atoms with van der Waals surface area (Å²) in [6, 6.07) is 15.1. The van der Waals surface area contributed by atoms with E-state index >= 15 is 0 Å². The van der Waals surface area contributed by atoms with Gasteiger partial charge in [-0.1, -0.05) is 30.3 Å². The molecule has 2 aromatic carbocycles. The molecule has 1 fully saturated rings. The highest BCUT2D eigenvalue weighted by Gasteiger charge is 2.35. The normalized spacial score (nSPS) is 20.6. The smallest absolute Gasteiger partial charge is 0.243 e. The largest absolute Gasteiger partial charge is 0.326 e. The second-order valence-electron chi connectivity index (χ2n) is 6.97. The van der Waals surface area contributed by atoms with Crippen molar-refractivity contribution in [2.75, 3.05) is 11.9 Å². The average Bonchev–Trinajstić information content (AvgIpc) is 3.11. The van der Waals surface area contributed by atoms with Crippen molar-refractivity contribution in [3.05, 3.63) is 59.7 Å². The van der Waals surface area contributed by atoms with E-state index in [-0.39, 0.29) is 11.9 Å². The van der Waals surface area contributed by atoms with Crippen LogP contribution in [0.5, 0.6) is 0 Å². The zero-order valence-electron chi connectivity index (χ0n) is 14.5. The fourth-order valence-corrected chi connectivity index (χ4v) is 5.62. The molecule has 0 saturated carbocycles. The molecule has 6 heteroatoms. The summed E-state index contributed by atoms with van der Waals surface area (Å²) >= 11 is 0. The van der Waals surface area contributed by atoms with Crippen LogP contribution in [0.15, 0.2) is 53.4 Å². The fourth-order valence-electron chi connectivity index (χ4n) is 3.87. The number of nitrogens with one attached hydrogen (secondary N) is 1. The number of hydrogen-bond acceptors (Lipinski definition) is 3. The number of hydrogen-bond donors (Lipinski definition) is 1.